The van der Waals surface area contributed by atoms with E-state index in [2.05, 4.69) is 15.4 Å². The summed E-state index contributed by atoms with van der Waals surface area (Å²) in [5.41, 5.74) is 2.36. The van der Waals surface area contributed by atoms with Crippen LogP contribution < -0.4 is 10.9 Å². The molecule has 1 amide bonds. The minimum atomic E-state index is -0.211. The number of hydrogen-bond acceptors (Lipinski definition) is 5. The molecule has 0 radical (unpaired) electrons. The Morgan fingerprint density at radius 1 is 1.19 bits per heavy atom. The highest BCUT2D eigenvalue weighted by Crippen LogP contribution is 2.27. The quantitative estimate of drug-likeness (QED) is 0.667. The number of hydrogen-bond donors (Lipinski definition) is 1. The molecule has 1 N–H and O–H groups in total. The molecule has 6 nitrogen and oxygen atoms in total. The van der Waals surface area contributed by atoms with E-state index >= 15 is 0 Å². The zero-order valence-electron chi connectivity index (χ0n) is 15.2. The number of nitrogens with zero attached hydrogens (tertiary/aromatic N) is 3. The molecule has 0 bridgehead atoms. The van der Waals surface area contributed by atoms with Crippen molar-refractivity contribution < 1.29 is 4.79 Å². The van der Waals surface area contributed by atoms with Crippen molar-refractivity contribution in [1.29, 1.82) is 0 Å². The van der Waals surface area contributed by atoms with Crippen molar-refractivity contribution in [3.05, 3.63) is 75.2 Å². The molecule has 0 aliphatic rings. The smallest absolute Gasteiger partial charge is 0.266 e. The van der Waals surface area contributed by atoms with Crippen LogP contribution >= 0.6 is 11.3 Å². The molecule has 27 heavy (non-hydrogen) atoms. The Morgan fingerprint density at radius 2 is 1.96 bits per heavy atom. The second-order valence-electron chi connectivity index (χ2n) is 5.96. The van der Waals surface area contributed by atoms with Gasteiger partial charge in [0.2, 0.25) is 5.91 Å². The summed E-state index contributed by atoms with van der Waals surface area (Å²) in [6, 6.07) is 12.8. The van der Waals surface area contributed by atoms with Crippen LogP contribution in [0.1, 0.15) is 16.3 Å². The van der Waals surface area contributed by atoms with Gasteiger partial charge in [0.05, 0.1) is 22.1 Å². The highest BCUT2D eigenvalue weighted by Gasteiger charge is 2.10. The Balaban J connectivity index is 1.62. The number of rotatable bonds is 6. The van der Waals surface area contributed by atoms with Crippen molar-refractivity contribution in [3.63, 3.8) is 0 Å². The Labute approximate surface area is 161 Å². The number of thiazole rings is 1. The Kier molecular flexibility index (Phi) is 5.93. The molecule has 2 aromatic heterocycles. The summed E-state index contributed by atoms with van der Waals surface area (Å²) < 4.78 is 1.37. The molecular weight excluding hydrogens is 360 g/mol. The fourth-order valence-electron chi connectivity index (χ4n) is 2.58. The molecular formula is C20H20N4O2S. The third kappa shape index (κ3) is 4.98. The van der Waals surface area contributed by atoms with Gasteiger partial charge < -0.3 is 5.32 Å². The number of amides is 1. The van der Waals surface area contributed by atoms with Crippen LogP contribution in [-0.4, -0.2) is 27.2 Å². The fourth-order valence-corrected chi connectivity index (χ4v) is 3.46. The summed E-state index contributed by atoms with van der Waals surface area (Å²) in [4.78, 5) is 29.3. The first kappa shape index (κ1) is 18.7. The maximum Gasteiger partial charge on any atom is 0.266 e. The summed E-state index contributed by atoms with van der Waals surface area (Å²) >= 11 is 1.55. The number of benzene rings is 1. The fraction of sp³-hybridized carbons (Fsp3) is 0.200. The predicted octanol–water partition coefficient (Wildman–Crippen LogP) is 2.81. The lowest BCUT2D eigenvalue weighted by Gasteiger charge is -2.07. The van der Waals surface area contributed by atoms with Crippen LogP contribution in [0.25, 0.3) is 16.6 Å². The van der Waals surface area contributed by atoms with E-state index < -0.39 is 0 Å². The van der Waals surface area contributed by atoms with Crippen LogP contribution in [0.5, 0.6) is 0 Å². The topological polar surface area (TPSA) is 76.9 Å². The summed E-state index contributed by atoms with van der Waals surface area (Å²) in [6.07, 6.45) is 3.22. The highest BCUT2D eigenvalue weighted by atomic mass is 32.1. The lowest BCUT2D eigenvalue weighted by Crippen LogP contribution is -2.31. The first-order valence-corrected chi connectivity index (χ1v) is 9.38. The van der Waals surface area contributed by atoms with Crippen LogP contribution in [0.3, 0.4) is 0 Å². The molecule has 0 aliphatic heterocycles. The predicted molar refractivity (Wildman–Crippen MR) is 108 cm³/mol. The van der Waals surface area contributed by atoms with Gasteiger partial charge in [-0.2, -0.15) is 5.10 Å². The van der Waals surface area contributed by atoms with Crippen molar-refractivity contribution >= 4 is 23.3 Å². The van der Waals surface area contributed by atoms with Crippen molar-refractivity contribution in [2.45, 2.75) is 20.4 Å². The summed E-state index contributed by atoms with van der Waals surface area (Å²) in [5, 5.41) is 8.14. The van der Waals surface area contributed by atoms with Gasteiger partial charge in [-0.05, 0) is 31.6 Å². The standard InChI is InChI=1S/C20H20N4O2S/c1-14-20(27-15(2)22-14)17-9-11-19(26)24(23-17)13-12-21-18(25)10-8-16-6-4-3-5-7-16/h3-11H,12-13H2,1-2H3,(H,21,25)/b10-8-. The van der Waals surface area contributed by atoms with E-state index in [0.29, 0.717) is 18.8 Å². The monoisotopic (exact) mass is 380 g/mol. The molecule has 0 fully saturated rings. The molecule has 0 saturated carbocycles. The lowest BCUT2D eigenvalue weighted by molar-refractivity contribution is -0.116. The third-order valence-corrected chi connectivity index (χ3v) is 4.95. The van der Waals surface area contributed by atoms with Crippen molar-refractivity contribution in [2.75, 3.05) is 6.54 Å². The van der Waals surface area contributed by atoms with E-state index in [1.54, 1.807) is 23.5 Å². The molecule has 7 heteroatoms. The number of carbonyl (C=O) groups is 1. The Bertz CT molecular complexity index is 1020. The average molecular weight is 380 g/mol. The minimum Gasteiger partial charge on any atom is -0.351 e. The normalized spacial score (nSPS) is 11.0. The van der Waals surface area contributed by atoms with Gasteiger partial charge in [-0.25, -0.2) is 9.67 Å². The van der Waals surface area contributed by atoms with Gasteiger partial charge in [0.1, 0.15) is 5.69 Å². The second-order valence-corrected chi connectivity index (χ2v) is 7.17. The molecule has 3 aromatic rings. The van der Waals surface area contributed by atoms with Gasteiger partial charge in [0, 0.05) is 18.7 Å². The lowest BCUT2D eigenvalue weighted by atomic mass is 10.2. The zero-order valence-corrected chi connectivity index (χ0v) is 16.0. The molecule has 138 valence electrons. The van der Waals surface area contributed by atoms with Crippen molar-refractivity contribution in [2.24, 2.45) is 0 Å². The summed E-state index contributed by atoms with van der Waals surface area (Å²) in [5.74, 6) is -0.211. The first-order valence-electron chi connectivity index (χ1n) is 8.56. The summed E-state index contributed by atoms with van der Waals surface area (Å²) in [6.45, 7) is 4.48. The van der Waals surface area contributed by atoms with E-state index in [1.165, 1.54) is 16.8 Å². The molecule has 0 spiro atoms. The molecule has 2 heterocycles. The average Bonchev–Trinajstić information content (AvgIpc) is 3.00. The number of carbonyl (C=O) groups excluding carboxylic acids is 1. The van der Waals surface area contributed by atoms with E-state index in [9.17, 15) is 9.59 Å². The summed E-state index contributed by atoms with van der Waals surface area (Å²) in [7, 11) is 0. The third-order valence-electron chi connectivity index (χ3n) is 3.85. The largest absolute Gasteiger partial charge is 0.351 e. The number of aryl methyl sites for hydroxylation is 2. The van der Waals surface area contributed by atoms with Crippen LogP contribution in [0, 0.1) is 13.8 Å². The van der Waals surface area contributed by atoms with Gasteiger partial charge >= 0.3 is 0 Å². The maximum atomic E-state index is 12.0. The van der Waals surface area contributed by atoms with Crippen LogP contribution in [-0.2, 0) is 11.3 Å². The van der Waals surface area contributed by atoms with Gasteiger partial charge in [-0.15, -0.1) is 11.3 Å². The SMILES string of the molecule is Cc1nc(C)c(-c2ccc(=O)n(CCNC(=O)/C=C\c3ccccc3)n2)s1. The van der Waals surface area contributed by atoms with Crippen molar-refractivity contribution in [3.8, 4) is 10.6 Å². The molecule has 3 rings (SSSR count). The second kappa shape index (κ2) is 8.55. The van der Waals surface area contributed by atoms with Crippen LogP contribution in [0.15, 0.2) is 53.3 Å². The van der Waals surface area contributed by atoms with Crippen LogP contribution in [0.2, 0.25) is 0 Å². The van der Waals surface area contributed by atoms with Gasteiger partial charge in [-0.1, -0.05) is 30.3 Å². The highest BCUT2D eigenvalue weighted by molar-refractivity contribution is 7.15. The Morgan fingerprint density at radius 3 is 2.67 bits per heavy atom. The first-order chi connectivity index (χ1) is 13.0. The van der Waals surface area contributed by atoms with Gasteiger partial charge in [0.15, 0.2) is 0 Å². The number of nitrogens with one attached hydrogen (secondary N) is 1. The Hall–Kier alpha value is -3.06. The van der Waals surface area contributed by atoms with E-state index in [1.807, 2.05) is 44.2 Å². The molecule has 0 saturated heterocycles. The van der Waals surface area contributed by atoms with E-state index in [4.69, 9.17) is 0 Å². The zero-order chi connectivity index (χ0) is 19.2. The minimum absolute atomic E-state index is 0.202. The van der Waals surface area contributed by atoms with E-state index in [-0.39, 0.29) is 11.5 Å². The number of aromatic nitrogens is 3. The maximum absolute atomic E-state index is 12.0. The molecule has 0 aliphatic carbocycles. The van der Waals surface area contributed by atoms with Gasteiger partial charge in [0.25, 0.3) is 5.56 Å². The van der Waals surface area contributed by atoms with Crippen LogP contribution in [0.4, 0.5) is 0 Å². The van der Waals surface area contributed by atoms with Crippen molar-refractivity contribution in [1.82, 2.24) is 20.1 Å². The van der Waals surface area contributed by atoms with Gasteiger partial charge in [-0.3, -0.25) is 9.59 Å². The van der Waals surface area contributed by atoms with E-state index in [0.717, 1.165) is 21.1 Å². The molecule has 1 aromatic carbocycles. The molecule has 0 unspecified atom stereocenters. The molecule has 0 atom stereocenters.